The van der Waals surface area contributed by atoms with Gasteiger partial charge in [-0.3, -0.25) is 4.79 Å². The molecule has 0 bridgehead atoms. The van der Waals surface area contributed by atoms with E-state index in [9.17, 15) is 9.18 Å². The van der Waals surface area contributed by atoms with Gasteiger partial charge in [0, 0.05) is 23.7 Å². The molecule has 1 N–H and O–H groups in total. The molecule has 1 aromatic heterocycles. The van der Waals surface area contributed by atoms with Gasteiger partial charge in [0.25, 0.3) is 5.91 Å². The van der Waals surface area contributed by atoms with E-state index in [-0.39, 0.29) is 10.9 Å². The molecule has 3 rings (SSSR count). The Kier molecular flexibility index (Phi) is 4.08. The summed E-state index contributed by atoms with van der Waals surface area (Å²) < 4.78 is 18.1. The number of amides is 1. The molecule has 23 heavy (non-hydrogen) atoms. The number of aryl methyl sites for hydroxylation is 1. The lowest BCUT2D eigenvalue weighted by Crippen LogP contribution is -2.12. The number of halogens is 2. The third-order valence-corrected chi connectivity index (χ3v) is 3.38. The van der Waals surface area contributed by atoms with E-state index in [0.29, 0.717) is 28.5 Å². The lowest BCUT2D eigenvalue weighted by molar-refractivity contribution is 0.102. The maximum Gasteiger partial charge on any atom is 0.255 e. The van der Waals surface area contributed by atoms with E-state index < -0.39 is 5.82 Å². The van der Waals surface area contributed by atoms with Crippen LogP contribution >= 0.6 is 11.6 Å². The molecule has 1 amide bonds. The Balaban J connectivity index is 1.83. The summed E-state index contributed by atoms with van der Waals surface area (Å²) in [5, 5.41) is 6.41. The minimum absolute atomic E-state index is 0.0566. The molecule has 3 aromatic rings. The normalized spacial score (nSPS) is 10.6. The van der Waals surface area contributed by atoms with Gasteiger partial charge >= 0.3 is 0 Å². The van der Waals surface area contributed by atoms with Crippen LogP contribution in [0.3, 0.4) is 0 Å². The number of rotatable bonds is 3. The van der Waals surface area contributed by atoms with Crippen molar-refractivity contribution in [3.05, 3.63) is 64.8 Å². The van der Waals surface area contributed by atoms with E-state index in [1.54, 1.807) is 31.2 Å². The van der Waals surface area contributed by atoms with Gasteiger partial charge in [-0.05, 0) is 30.3 Å². The summed E-state index contributed by atoms with van der Waals surface area (Å²) in [6.45, 7) is 1.69. The molecular weight excluding hydrogens is 321 g/mol. The number of carbonyl (C=O) groups is 1. The molecule has 0 atom stereocenters. The van der Waals surface area contributed by atoms with Gasteiger partial charge in [0.2, 0.25) is 11.7 Å². The van der Waals surface area contributed by atoms with Crippen LogP contribution in [0.1, 0.15) is 16.2 Å². The zero-order valence-electron chi connectivity index (χ0n) is 12.0. The molecule has 2 aromatic carbocycles. The average Bonchev–Trinajstić information content (AvgIpc) is 2.98. The van der Waals surface area contributed by atoms with Crippen molar-refractivity contribution in [3.63, 3.8) is 0 Å². The van der Waals surface area contributed by atoms with Crippen LogP contribution in [0.5, 0.6) is 0 Å². The van der Waals surface area contributed by atoms with E-state index in [2.05, 4.69) is 15.5 Å². The lowest BCUT2D eigenvalue weighted by atomic mass is 10.1. The SMILES string of the molecule is Cc1nc(-c2cccc(C(=O)Nc3ccc(F)c(Cl)c3)c2)no1. The predicted octanol–water partition coefficient (Wildman–Crippen LogP) is 4.09. The Hall–Kier alpha value is -2.73. The van der Waals surface area contributed by atoms with Crippen molar-refractivity contribution in [1.29, 1.82) is 0 Å². The second-order valence-electron chi connectivity index (χ2n) is 4.80. The van der Waals surface area contributed by atoms with Gasteiger partial charge in [-0.25, -0.2) is 4.39 Å². The van der Waals surface area contributed by atoms with Crippen molar-refractivity contribution in [1.82, 2.24) is 10.1 Å². The zero-order chi connectivity index (χ0) is 16.4. The molecule has 7 heteroatoms. The maximum atomic E-state index is 13.1. The van der Waals surface area contributed by atoms with E-state index in [1.807, 2.05) is 0 Å². The zero-order valence-corrected chi connectivity index (χ0v) is 12.8. The van der Waals surface area contributed by atoms with Crippen LogP contribution in [-0.2, 0) is 0 Å². The molecule has 0 aliphatic heterocycles. The molecule has 116 valence electrons. The second-order valence-corrected chi connectivity index (χ2v) is 5.21. The average molecular weight is 332 g/mol. The summed E-state index contributed by atoms with van der Waals surface area (Å²) in [6.07, 6.45) is 0. The van der Waals surface area contributed by atoms with E-state index in [1.165, 1.54) is 18.2 Å². The minimum Gasteiger partial charge on any atom is -0.339 e. The number of hydrogen-bond acceptors (Lipinski definition) is 4. The highest BCUT2D eigenvalue weighted by Crippen LogP contribution is 2.21. The second kappa shape index (κ2) is 6.18. The molecule has 0 fully saturated rings. The van der Waals surface area contributed by atoms with Gasteiger partial charge in [-0.1, -0.05) is 28.9 Å². The molecule has 0 aliphatic carbocycles. The van der Waals surface area contributed by atoms with Crippen molar-refractivity contribution >= 4 is 23.2 Å². The van der Waals surface area contributed by atoms with Gasteiger partial charge in [-0.2, -0.15) is 4.98 Å². The van der Waals surface area contributed by atoms with Gasteiger partial charge in [-0.15, -0.1) is 0 Å². The molecule has 0 saturated carbocycles. The Morgan fingerprint density at radius 2 is 2.09 bits per heavy atom. The summed E-state index contributed by atoms with van der Waals surface area (Å²) in [4.78, 5) is 16.4. The van der Waals surface area contributed by atoms with E-state index >= 15 is 0 Å². The summed E-state index contributed by atoms with van der Waals surface area (Å²) in [5.41, 5.74) is 1.47. The first-order valence-corrected chi connectivity index (χ1v) is 7.08. The summed E-state index contributed by atoms with van der Waals surface area (Å²) >= 11 is 5.70. The van der Waals surface area contributed by atoms with Crippen LogP contribution in [0.4, 0.5) is 10.1 Å². The molecule has 1 heterocycles. The Morgan fingerprint density at radius 3 is 2.78 bits per heavy atom. The quantitative estimate of drug-likeness (QED) is 0.785. The lowest BCUT2D eigenvalue weighted by Gasteiger charge is -2.06. The molecule has 5 nitrogen and oxygen atoms in total. The first kappa shape index (κ1) is 15.2. The highest BCUT2D eigenvalue weighted by molar-refractivity contribution is 6.31. The van der Waals surface area contributed by atoms with Gasteiger partial charge in [0.15, 0.2) is 0 Å². The first-order valence-electron chi connectivity index (χ1n) is 6.70. The first-order chi connectivity index (χ1) is 11.0. The summed E-state index contributed by atoms with van der Waals surface area (Å²) in [7, 11) is 0. The fraction of sp³-hybridized carbons (Fsp3) is 0.0625. The van der Waals surface area contributed by atoms with Crippen molar-refractivity contribution in [2.75, 3.05) is 5.32 Å². The van der Waals surface area contributed by atoms with Crippen molar-refractivity contribution < 1.29 is 13.7 Å². The van der Waals surface area contributed by atoms with Gasteiger partial charge < -0.3 is 9.84 Å². The molecule has 0 saturated heterocycles. The van der Waals surface area contributed by atoms with Crippen LogP contribution in [0.2, 0.25) is 5.02 Å². The van der Waals surface area contributed by atoms with Crippen molar-refractivity contribution in [3.8, 4) is 11.4 Å². The van der Waals surface area contributed by atoms with Crippen molar-refractivity contribution in [2.24, 2.45) is 0 Å². The van der Waals surface area contributed by atoms with Crippen molar-refractivity contribution in [2.45, 2.75) is 6.92 Å². The third-order valence-electron chi connectivity index (χ3n) is 3.09. The monoisotopic (exact) mass is 331 g/mol. The fourth-order valence-electron chi connectivity index (χ4n) is 1.99. The Labute approximate surface area is 136 Å². The van der Waals surface area contributed by atoms with Crippen LogP contribution in [0.25, 0.3) is 11.4 Å². The smallest absolute Gasteiger partial charge is 0.255 e. The van der Waals surface area contributed by atoms with Crippen LogP contribution in [0, 0.1) is 12.7 Å². The number of nitrogens with zero attached hydrogens (tertiary/aromatic N) is 2. The number of aromatic nitrogens is 2. The summed E-state index contributed by atoms with van der Waals surface area (Å²) in [5.74, 6) is -0.0494. The van der Waals surface area contributed by atoms with Gasteiger partial charge in [0.1, 0.15) is 5.82 Å². The largest absolute Gasteiger partial charge is 0.339 e. The third kappa shape index (κ3) is 3.37. The van der Waals surface area contributed by atoms with E-state index in [4.69, 9.17) is 16.1 Å². The molecular formula is C16H11ClFN3O2. The standard InChI is InChI=1S/C16H11ClFN3O2/c1-9-19-15(21-23-9)10-3-2-4-11(7-10)16(22)20-12-5-6-14(18)13(17)8-12/h2-8H,1H3,(H,20,22). The minimum atomic E-state index is -0.542. The van der Waals surface area contributed by atoms with Crippen LogP contribution in [0.15, 0.2) is 47.0 Å². The fourth-order valence-corrected chi connectivity index (χ4v) is 2.17. The Morgan fingerprint density at radius 1 is 1.26 bits per heavy atom. The maximum absolute atomic E-state index is 13.1. The van der Waals surface area contributed by atoms with E-state index in [0.717, 1.165) is 0 Å². The highest BCUT2D eigenvalue weighted by Gasteiger charge is 2.11. The highest BCUT2D eigenvalue weighted by atomic mass is 35.5. The topological polar surface area (TPSA) is 68.0 Å². The number of nitrogens with one attached hydrogen (secondary N) is 1. The van der Waals surface area contributed by atoms with Crippen LogP contribution < -0.4 is 5.32 Å². The predicted molar refractivity (Wildman–Crippen MR) is 83.8 cm³/mol. The number of hydrogen-bond donors (Lipinski definition) is 1. The molecule has 0 aliphatic rings. The number of anilines is 1. The molecule has 0 radical (unpaired) electrons. The molecule has 0 spiro atoms. The summed E-state index contributed by atoms with van der Waals surface area (Å²) in [6, 6.07) is 10.8. The molecule has 0 unspecified atom stereocenters. The number of benzene rings is 2. The van der Waals surface area contributed by atoms with Gasteiger partial charge in [0.05, 0.1) is 5.02 Å². The number of carbonyl (C=O) groups excluding carboxylic acids is 1. The Bertz CT molecular complexity index is 879. The van der Waals surface area contributed by atoms with Crippen LogP contribution in [-0.4, -0.2) is 16.0 Å².